The van der Waals surface area contributed by atoms with Crippen molar-refractivity contribution in [3.05, 3.63) is 59.7 Å². The van der Waals surface area contributed by atoms with Crippen LogP contribution in [0.5, 0.6) is 0 Å². The first-order chi connectivity index (χ1) is 16.5. The normalized spacial score (nSPS) is 25.4. The van der Waals surface area contributed by atoms with Crippen molar-refractivity contribution in [2.24, 2.45) is 11.8 Å². The molecule has 0 bridgehead atoms. The number of carboxylic acid groups (broad SMARTS) is 1. The van der Waals surface area contributed by atoms with E-state index in [1.165, 1.54) is 0 Å². The van der Waals surface area contributed by atoms with E-state index < -0.39 is 29.9 Å². The summed E-state index contributed by atoms with van der Waals surface area (Å²) >= 11 is 0. The number of amides is 2. The third-order valence-corrected chi connectivity index (χ3v) is 7.23. The largest absolute Gasteiger partial charge is 0.481 e. The molecule has 0 radical (unpaired) electrons. The zero-order chi connectivity index (χ0) is 23.7. The Hall–Kier alpha value is -3.39. The first kappa shape index (κ1) is 22.4. The highest BCUT2D eigenvalue weighted by molar-refractivity contribution is 5.82. The Kier molecular flexibility index (Phi) is 6.24. The summed E-state index contributed by atoms with van der Waals surface area (Å²) in [6.07, 6.45) is 1.37. The van der Waals surface area contributed by atoms with Crippen LogP contribution in [0, 0.1) is 11.8 Å². The van der Waals surface area contributed by atoms with Gasteiger partial charge < -0.3 is 25.2 Å². The molecule has 2 amide bonds. The molecule has 8 nitrogen and oxygen atoms in total. The molecule has 3 N–H and O–H groups in total. The third kappa shape index (κ3) is 4.25. The number of hydrogen-bond acceptors (Lipinski definition) is 5. The first-order valence-electron chi connectivity index (χ1n) is 11.8. The molecule has 1 aliphatic heterocycles. The molecule has 3 aliphatic rings. The summed E-state index contributed by atoms with van der Waals surface area (Å²) < 4.78 is 11.1. The number of hydrogen-bond donors (Lipinski definition) is 3. The highest BCUT2D eigenvalue weighted by atomic mass is 16.5. The number of ether oxygens (including phenoxy) is 2. The van der Waals surface area contributed by atoms with Crippen LogP contribution in [0.1, 0.15) is 36.3 Å². The molecule has 178 valence electrons. The monoisotopic (exact) mass is 464 g/mol. The molecule has 1 heterocycles. The average Bonchev–Trinajstić information content (AvgIpc) is 3.55. The molecule has 1 saturated carbocycles. The fraction of sp³-hybridized carbons (Fsp3) is 0.423. The quantitative estimate of drug-likeness (QED) is 0.606. The van der Waals surface area contributed by atoms with Crippen LogP contribution in [0.15, 0.2) is 48.5 Å². The number of rotatable bonds is 6. The Morgan fingerprint density at radius 1 is 0.882 bits per heavy atom. The number of carbonyl (C=O) groups excluding carboxylic acids is 2. The number of carbonyl (C=O) groups is 3. The maximum absolute atomic E-state index is 12.8. The molecular formula is C26H28N2O6. The minimum atomic E-state index is -0.890. The Bertz CT molecular complexity index is 1060. The number of nitrogens with one attached hydrogen (secondary N) is 2. The van der Waals surface area contributed by atoms with Crippen molar-refractivity contribution in [1.29, 1.82) is 0 Å². The summed E-state index contributed by atoms with van der Waals surface area (Å²) in [4.78, 5) is 36.9. The van der Waals surface area contributed by atoms with Crippen LogP contribution in [0.3, 0.4) is 0 Å². The van der Waals surface area contributed by atoms with Crippen LogP contribution in [-0.4, -0.2) is 55.0 Å². The first-order valence-corrected chi connectivity index (χ1v) is 11.8. The predicted molar refractivity (Wildman–Crippen MR) is 123 cm³/mol. The molecule has 2 unspecified atom stereocenters. The summed E-state index contributed by atoms with van der Waals surface area (Å²) in [6.45, 7) is 0.562. The number of fused-ring (bicyclic) bond motifs is 3. The van der Waals surface area contributed by atoms with Gasteiger partial charge in [-0.1, -0.05) is 55.0 Å². The van der Waals surface area contributed by atoms with Crippen molar-refractivity contribution in [3.63, 3.8) is 0 Å². The van der Waals surface area contributed by atoms with Gasteiger partial charge in [-0.25, -0.2) is 4.79 Å². The van der Waals surface area contributed by atoms with Crippen molar-refractivity contribution in [2.75, 3.05) is 19.8 Å². The van der Waals surface area contributed by atoms with Gasteiger partial charge in [-0.2, -0.15) is 0 Å². The van der Waals surface area contributed by atoms with Crippen molar-refractivity contribution >= 4 is 18.0 Å². The maximum atomic E-state index is 12.8. The van der Waals surface area contributed by atoms with Crippen LogP contribution in [0.25, 0.3) is 11.1 Å². The van der Waals surface area contributed by atoms with Gasteiger partial charge in [-0.05, 0) is 35.1 Å². The lowest BCUT2D eigenvalue weighted by molar-refractivity contribution is -0.142. The topological polar surface area (TPSA) is 114 Å². The molecule has 5 rings (SSSR count). The van der Waals surface area contributed by atoms with Gasteiger partial charge in [0.05, 0.1) is 31.1 Å². The second-order valence-corrected chi connectivity index (χ2v) is 9.21. The van der Waals surface area contributed by atoms with Gasteiger partial charge in [0.1, 0.15) is 6.61 Å². The molecule has 1 saturated heterocycles. The van der Waals surface area contributed by atoms with E-state index in [9.17, 15) is 19.5 Å². The molecule has 0 spiro atoms. The van der Waals surface area contributed by atoms with Gasteiger partial charge in [0, 0.05) is 12.0 Å². The second-order valence-electron chi connectivity index (χ2n) is 9.21. The Labute approximate surface area is 197 Å². The summed E-state index contributed by atoms with van der Waals surface area (Å²) in [5.74, 6) is -2.39. The lowest BCUT2D eigenvalue weighted by Gasteiger charge is -2.23. The fourth-order valence-corrected chi connectivity index (χ4v) is 5.46. The minimum absolute atomic E-state index is 0.0487. The summed E-state index contributed by atoms with van der Waals surface area (Å²) in [6, 6.07) is 15.3. The number of benzene rings is 2. The molecule has 2 aromatic rings. The van der Waals surface area contributed by atoms with Gasteiger partial charge in [0.15, 0.2) is 0 Å². The fourth-order valence-electron chi connectivity index (χ4n) is 5.46. The van der Waals surface area contributed by atoms with Gasteiger partial charge in [0.25, 0.3) is 0 Å². The Morgan fingerprint density at radius 2 is 1.56 bits per heavy atom. The van der Waals surface area contributed by atoms with Gasteiger partial charge >= 0.3 is 12.1 Å². The highest BCUT2D eigenvalue weighted by Gasteiger charge is 2.40. The van der Waals surface area contributed by atoms with Gasteiger partial charge in [-0.15, -0.1) is 0 Å². The van der Waals surface area contributed by atoms with Crippen LogP contribution in [0.4, 0.5) is 4.79 Å². The van der Waals surface area contributed by atoms with E-state index in [-0.39, 0.29) is 37.7 Å². The van der Waals surface area contributed by atoms with E-state index >= 15 is 0 Å². The van der Waals surface area contributed by atoms with Crippen molar-refractivity contribution in [1.82, 2.24) is 10.6 Å². The third-order valence-electron chi connectivity index (χ3n) is 7.23. The smallest absolute Gasteiger partial charge is 0.407 e. The Morgan fingerprint density at radius 3 is 2.24 bits per heavy atom. The number of aliphatic carboxylic acids is 1. The standard InChI is InChI=1S/C26H28N2O6/c29-24(27-22-11-5-10-19(22)25(30)31)21-12-33-14-23(21)28-26(32)34-13-20-17-8-3-1-6-15(17)16-7-2-4-9-18(16)20/h1-4,6-9,19-23H,5,10-14H2,(H,27,29)(H,28,32)(H,30,31)/t19-,21?,22+,23?/m1/s1. The average molecular weight is 465 g/mol. The highest BCUT2D eigenvalue weighted by Crippen LogP contribution is 2.44. The van der Waals surface area contributed by atoms with E-state index in [4.69, 9.17) is 9.47 Å². The molecular weight excluding hydrogens is 436 g/mol. The summed E-state index contributed by atoms with van der Waals surface area (Å²) in [5, 5.41) is 15.0. The van der Waals surface area contributed by atoms with E-state index in [1.54, 1.807) is 0 Å². The van der Waals surface area contributed by atoms with E-state index in [0.717, 1.165) is 28.7 Å². The lowest BCUT2D eigenvalue weighted by atomic mass is 9.98. The summed E-state index contributed by atoms with van der Waals surface area (Å²) in [5.41, 5.74) is 4.56. The minimum Gasteiger partial charge on any atom is -0.481 e. The van der Waals surface area contributed by atoms with Crippen molar-refractivity contribution < 1.29 is 29.0 Å². The van der Waals surface area contributed by atoms with E-state index in [0.29, 0.717) is 12.8 Å². The molecule has 2 aromatic carbocycles. The molecule has 0 aromatic heterocycles. The van der Waals surface area contributed by atoms with Crippen LogP contribution in [-0.2, 0) is 19.1 Å². The maximum Gasteiger partial charge on any atom is 0.407 e. The lowest BCUT2D eigenvalue weighted by Crippen LogP contribution is -2.50. The number of alkyl carbamates (subject to hydrolysis) is 1. The van der Waals surface area contributed by atoms with Gasteiger partial charge in [-0.3, -0.25) is 9.59 Å². The summed E-state index contributed by atoms with van der Waals surface area (Å²) in [7, 11) is 0. The SMILES string of the molecule is O=C(NC1COCC1C(=O)N[C@H]1CCC[C@H]1C(=O)O)OCC1c2ccccc2-c2ccccc21. The van der Waals surface area contributed by atoms with Crippen LogP contribution < -0.4 is 10.6 Å². The van der Waals surface area contributed by atoms with Crippen molar-refractivity contribution in [2.45, 2.75) is 37.3 Å². The van der Waals surface area contributed by atoms with Crippen LogP contribution in [0.2, 0.25) is 0 Å². The molecule has 34 heavy (non-hydrogen) atoms. The van der Waals surface area contributed by atoms with Crippen LogP contribution >= 0.6 is 0 Å². The molecule has 4 atom stereocenters. The van der Waals surface area contributed by atoms with Crippen molar-refractivity contribution in [3.8, 4) is 11.1 Å². The molecule has 2 fully saturated rings. The van der Waals surface area contributed by atoms with E-state index in [2.05, 4.69) is 34.9 Å². The Balaban J connectivity index is 1.19. The number of carboxylic acids is 1. The second kappa shape index (κ2) is 9.46. The van der Waals surface area contributed by atoms with E-state index in [1.807, 2.05) is 24.3 Å². The zero-order valence-electron chi connectivity index (χ0n) is 18.7. The molecule has 2 aliphatic carbocycles. The predicted octanol–water partition coefficient (Wildman–Crippen LogP) is 2.91. The molecule has 8 heteroatoms. The zero-order valence-corrected chi connectivity index (χ0v) is 18.7. The van der Waals surface area contributed by atoms with Gasteiger partial charge in [0.2, 0.25) is 5.91 Å².